The van der Waals surface area contributed by atoms with Gasteiger partial charge in [-0.25, -0.2) is 0 Å². The Morgan fingerprint density at radius 2 is 1.74 bits per heavy atom. The first-order valence-corrected chi connectivity index (χ1v) is 12.2. The number of hydrogen-bond donors (Lipinski definition) is 1. The van der Waals surface area contributed by atoms with Crippen molar-refractivity contribution in [3.63, 3.8) is 0 Å². The molecule has 9 nitrogen and oxygen atoms in total. The first-order chi connectivity index (χ1) is 16.6. The molecule has 0 radical (unpaired) electrons. The van der Waals surface area contributed by atoms with Gasteiger partial charge < -0.3 is 19.2 Å². The van der Waals surface area contributed by atoms with E-state index in [9.17, 15) is 4.79 Å². The van der Waals surface area contributed by atoms with Crippen molar-refractivity contribution in [3.8, 4) is 11.3 Å². The van der Waals surface area contributed by atoms with Gasteiger partial charge in [-0.2, -0.15) is 0 Å². The Morgan fingerprint density at radius 3 is 2.47 bits per heavy atom. The maximum absolute atomic E-state index is 12.6. The fourth-order valence-corrected chi connectivity index (χ4v) is 5.22. The molecule has 2 aliphatic heterocycles. The van der Waals surface area contributed by atoms with Gasteiger partial charge >= 0.3 is 0 Å². The van der Waals surface area contributed by atoms with Gasteiger partial charge in [-0.3, -0.25) is 9.69 Å². The highest BCUT2D eigenvalue weighted by molar-refractivity contribution is 5.92. The standard InChI is InChI=1S/C25H30N6O3/c1-30-9-7-20(8-10-30)31-14-18(15-31)25-28-27-24(33-25)17-11-19(12-17)26-23(32)22-13-21(29-34-22)16-5-3-2-4-6-16/h2-6,13,17-20H,7-12,14-15H2,1H3,(H,26,32)/t17-,19+. The summed E-state index contributed by atoms with van der Waals surface area (Å²) in [5, 5.41) is 15.7. The van der Waals surface area contributed by atoms with E-state index in [4.69, 9.17) is 8.94 Å². The molecule has 4 heterocycles. The maximum Gasteiger partial charge on any atom is 0.290 e. The summed E-state index contributed by atoms with van der Waals surface area (Å²) in [5.74, 6) is 1.99. The van der Waals surface area contributed by atoms with Crippen molar-refractivity contribution < 1.29 is 13.7 Å². The highest BCUT2D eigenvalue weighted by atomic mass is 16.5. The molecule has 1 aromatic carbocycles. The molecule has 178 valence electrons. The Morgan fingerprint density at radius 1 is 1.03 bits per heavy atom. The molecule has 3 aliphatic rings. The third kappa shape index (κ3) is 4.25. The number of nitrogens with zero attached hydrogens (tertiary/aromatic N) is 5. The molecule has 0 spiro atoms. The van der Waals surface area contributed by atoms with Crippen molar-refractivity contribution in [2.45, 2.75) is 49.6 Å². The first kappa shape index (κ1) is 21.5. The number of amides is 1. The van der Waals surface area contributed by atoms with Crippen LogP contribution in [0.25, 0.3) is 11.3 Å². The Hall–Kier alpha value is -3.04. The Balaban J connectivity index is 0.969. The molecule has 1 N–H and O–H groups in total. The van der Waals surface area contributed by atoms with E-state index in [0.717, 1.165) is 37.4 Å². The lowest BCUT2D eigenvalue weighted by atomic mass is 9.80. The summed E-state index contributed by atoms with van der Waals surface area (Å²) in [7, 11) is 2.20. The molecule has 6 rings (SSSR count). The Kier molecular flexibility index (Phi) is 5.66. The summed E-state index contributed by atoms with van der Waals surface area (Å²) in [6.45, 7) is 4.39. The smallest absolute Gasteiger partial charge is 0.290 e. The topological polar surface area (TPSA) is 101 Å². The molecule has 1 aliphatic carbocycles. The van der Waals surface area contributed by atoms with Gasteiger partial charge in [0, 0.05) is 42.7 Å². The number of carbonyl (C=O) groups is 1. The second-order valence-electron chi connectivity index (χ2n) is 9.94. The molecule has 34 heavy (non-hydrogen) atoms. The minimum Gasteiger partial charge on any atom is -0.425 e. The summed E-state index contributed by atoms with van der Waals surface area (Å²) in [4.78, 5) is 17.5. The summed E-state index contributed by atoms with van der Waals surface area (Å²) in [6.07, 6.45) is 4.07. The third-order valence-corrected chi connectivity index (χ3v) is 7.55. The molecular formula is C25H30N6O3. The molecule has 9 heteroatoms. The van der Waals surface area contributed by atoms with Crippen LogP contribution in [-0.4, -0.2) is 76.4 Å². The van der Waals surface area contributed by atoms with Crippen LogP contribution in [0.5, 0.6) is 0 Å². The molecule has 2 saturated heterocycles. The van der Waals surface area contributed by atoms with E-state index in [2.05, 4.69) is 37.5 Å². The number of nitrogens with one attached hydrogen (secondary N) is 1. The number of benzene rings is 1. The minimum atomic E-state index is -0.243. The van der Waals surface area contributed by atoms with E-state index in [-0.39, 0.29) is 23.6 Å². The number of piperidine rings is 1. The predicted molar refractivity (Wildman–Crippen MR) is 124 cm³/mol. The lowest BCUT2D eigenvalue weighted by molar-refractivity contribution is 0.0433. The molecule has 0 unspecified atom stereocenters. The van der Waals surface area contributed by atoms with Crippen molar-refractivity contribution in [1.82, 2.24) is 30.5 Å². The second-order valence-corrected chi connectivity index (χ2v) is 9.94. The van der Waals surface area contributed by atoms with Crippen LogP contribution in [0.2, 0.25) is 0 Å². The quantitative estimate of drug-likeness (QED) is 0.597. The van der Waals surface area contributed by atoms with E-state index in [0.29, 0.717) is 23.5 Å². The van der Waals surface area contributed by atoms with Crippen LogP contribution < -0.4 is 5.32 Å². The van der Waals surface area contributed by atoms with E-state index in [1.807, 2.05) is 30.3 Å². The number of aromatic nitrogens is 3. The van der Waals surface area contributed by atoms with Gasteiger partial charge in [0.2, 0.25) is 17.5 Å². The Labute approximate surface area is 198 Å². The van der Waals surface area contributed by atoms with Gasteiger partial charge in [-0.05, 0) is 45.8 Å². The minimum absolute atomic E-state index is 0.0711. The van der Waals surface area contributed by atoms with Crippen LogP contribution in [0.15, 0.2) is 45.3 Å². The van der Waals surface area contributed by atoms with E-state index in [1.165, 1.54) is 25.9 Å². The number of rotatable bonds is 6. The summed E-state index contributed by atoms with van der Waals surface area (Å²) >= 11 is 0. The summed E-state index contributed by atoms with van der Waals surface area (Å²) < 4.78 is 11.3. The molecule has 0 bridgehead atoms. The SMILES string of the molecule is CN1CCC(N2CC(c3nnc([C@H]4C[C@@H](NC(=O)c5cc(-c6ccccc6)no5)C4)o3)C2)CC1. The van der Waals surface area contributed by atoms with Crippen LogP contribution in [0.1, 0.15) is 59.9 Å². The Bertz CT molecular complexity index is 1120. The lowest BCUT2D eigenvalue weighted by Crippen LogP contribution is -2.53. The van der Waals surface area contributed by atoms with Gasteiger partial charge in [0.1, 0.15) is 5.69 Å². The second kappa shape index (κ2) is 8.96. The molecule has 3 fully saturated rings. The molecule has 1 amide bonds. The maximum atomic E-state index is 12.6. The van der Waals surface area contributed by atoms with Gasteiger partial charge in [0.05, 0.1) is 5.92 Å². The van der Waals surface area contributed by atoms with Crippen molar-refractivity contribution in [3.05, 3.63) is 53.9 Å². The largest absolute Gasteiger partial charge is 0.425 e. The monoisotopic (exact) mass is 462 g/mol. The first-order valence-electron chi connectivity index (χ1n) is 12.2. The normalized spacial score (nSPS) is 24.5. The summed E-state index contributed by atoms with van der Waals surface area (Å²) in [6, 6.07) is 12.1. The van der Waals surface area contributed by atoms with Gasteiger partial charge in [0.15, 0.2) is 0 Å². The van der Waals surface area contributed by atoms with Crippen LogP contribution in [0.4, 0.5) is 0 Å². The number of carbonyl (C=O) groups excluding carboxylic acids is 1. The molecule has 0 atom stereocenters. The lowest BCUT2D eigenvalue weighted by Gasteiger charge is -2.45. The third-order valence-electron chi connectivity index (χ3n) is 7.55. The zero-order valence-corrected chi connectivity index (χ0v) is 19.4. The van der Waals surface area contributed by atoms with E-state index >= 15 is 0 Å². The van der Waals surface area contributed by atoms with Crippen LogP contribution >= 0.6 is 0 Å². The van der Waals surface area contributed by atoms with Gasteiger partial charge in [0.25, 0.3) is 5.91 Å². The summed E-state index contributed by atoms with van der Waals surface area (Å²) in [5.41, 5.74) is 1.57. The van der Waals surface area contributed by atoms with Crippen molar-refractivity contribution >= 4 is 5.91 Å². The van der Waals surface area contributed by atoms with E-state index < -0.39 is 0 Å². The highest BCUT2D eigenvalue weighted by Gasteiger charge is 2.40. The fraction of sp³-hybridized carbons (Fsp3) is 0.520. The zero-order valence-electron chi connectivity index (χ0n) is 19.4. The molecule has 2 aromatic heterocycles. The van der Waals surface area contributed by atoms with Crippen LogP contribution in [0.3, 0.4) is 0 Å². The van der Waals surface area contributed by atoms with Crippen LogP contribution in [-0.2, 0) is 0 Å². The zero-order chi connectivity index (χ0) is 23.1. The number of likely N-dealkylation sites (tertiary alicyclic amines) is 2. The van der Waals surface area contributed by atoms with Crippen molar-refractivity contribution in [2.24, 2.45) is 0 Å². The molecule has 3 aromatic rings. The highest BCUT2D eigenvalue weighted by Crippen LogP contribution is 2.38. The fourth-order valence-electron chi connectivity index (χ4n) is 5.22. The predicted octanol–water partition coefficient (Wildman–Crippen LogP) is 2.89. The van der Waals surface area contributed by atoms with Crippen molar-refractivity contribution in [2.75, 3.05) is 33.2 Å². The van der Waals surface area contributed by atoms with Crippen LogP contribution in [0, 0.1) is 0 Å². The van der Waals surface area contributed by atoms with Crippen molar-refractivity contribution in [1.29, 1.82) is 0 Å². The van der Waals surface area contributed by atoms with Gasteiger partial charge in [-0.15, -0.1) is 10.2 Å². The van der Waals surface area contributed by atoms with Gasteiger partial charge in [-0.1, -0.05) is 35.5 Å². The average molecular weight is 463 g/mol. The number of hydrogen-bond acceptors (Lipinski definition) is 8. The average Bonchev–Trinajstić information content (AvgIpc) is 3.47. The molecule has 1 saturated carbocycles. The molecular weight excluding hydrogens is 432 g/mol. The van der Waals surface area contributed by atoms with E-state index in [1.54, 1.807) is 6.07 Å².